The average Bonchev–Trinajstić information content (AvgIpc) is 2.84. The Morgan fingerprint density at radius 3 is 2.62 bits per heavy atom. The summed E-state index contributed by atoms with van der Waals surface area (Å²) in [6.45, 7) is 4.42. The molecule has 0 saturated carbocycles. The van der Waals surface area contributed by atoms with E-state index in [1.54, 1.807) is 0 Å². The Labute approximate surface area is 187 Å². The number of ether oxygens (including phenoxy) is 1. The zero-order valence-corrected chi connectivity index (χ0v) is 18.3. The van der Waals surface area contributed by atoms with Crippen molar-refractivity contribution in [3.05, 3.63) is 71.7 Å². The van der Waals surface area contributed by atoms with Crippen molar-refractivity contribution < 1.29 is 9.53 Å². The molecule has 2 aliphatic rings. The highest BCUT2D eigenvalue weighted by molar-refractivity contribution is 5.72. The Morgan fingerprint density at radius 2 is 1.91 bits per heavy atom. The molecule has 1 N–H and O–H groups in total. The van der Waals surface area contributed by atoms with Gasteiger partial charge in [0.1, 0.15) is 11.4 Å². The minimum Gasteiger partial charge on any atom is -0.368 e. The van der Waals surface area contributed by atoms with Crippen LogP contribution in [-0.4, -0.2) is 40.6 Å². The Hall–Kier alpha value is -3.32. The molecule has 2 aromatic heterocycles. The molecule has 1 spiro atoms. The molecule has 3 aromatic rings. The van der Waals surface area contributed by atoms with Gasteiger partial charge in [0.05, 0.1) is 12.3 Å². The number of hydrogen-bond donors (Lipinski definition) is 1. The number of aromatic nitrogens is 3. The quantitative estimate of drug-likeness (QED) is 0.686. The molecule has 0 unspecified atom stereocenters. The van der Waals surface area contributed by atoms with Crippen LogP contribution < -0.4 is 10.2 Å². The summed E-state index contributed by atoms with van der Waals surface area (Å²) in [5, 5.41) is 2.80. The van der Waals surface area contributed by atoms with E-state index >= 15 is 0 Å². The molecule has 1 amide bonds. The summed E-state index contributed by atoms with van der Waals surface area (Å²) < 4.78 is 6.40. The van der Waals surface area contributed by atoms with E-state index in [-0.39, 0.29) is 11.5 Å². The fourth-order valence-corrected chi connectivity index (χ4v) is 4.55. The van der Waals surface area contributed by atoms with Crippen molar-refractivity contribution in [1.82, 2.24) is 20.3 Å². The van der Waals surface area contributed by atoms with Gasteiger partial charge in [-0.25, -0.2) is 15.0 Å². The number of benzene rings is 1. The molecule has 0 aliphatic carbocycles. The van der Waals surface area contributed by atoms with Crippen LogP contribution >= 0.6 is 0 Å². The van der Waals surface area contributed by atoms with Gasteiger partial charge < -0.3 is 15.0 Å². The van der Waals surface area contributed by atoms with E-state index in [0.29, 0.717) is 13.2 Å². The van der Waals surface area contributed by atoms with Crippen molar-refractivity contribution in [3.8, 4) is 11.4 Å². The zero-order chi connectivity index (χ0) is 22.0. The number of carbonyl (C=O) groups is 1. The first kappa shape index (κ1) is 20.6. The molecule has 7 nitrogen and oxygen atoms in total. The maximum Gasteiger partial charge on any atom is 0.217 e. The van der Waals surface area contributed by atoms with Crippen LogP contribution in [0.2, 0.25) is 0 Å². The third-order valence-electron chi connectivity index (χ3n) is 6.32. The van der Waals surface area contributed by atoms with Crippen LogP contribution in [0.25, 0.3) is 11.4 Å². The molecule has 1 fully saturated rings. The smallest absolute Gasteiger partial charge is 0.217 e. The lowest BCUT2D eigenvalue weighted by Gasteiger charge is -2.44. The number of fused-ring (bicyclic) bond motifs is 2. The van der Waals surface area contributed by atoms with Crippen LogP contribution in [0.3, 0.4) is 0 Å². The van der Waals surface area contributed by atoms with Crippen molar-refractivity contribution in [3.63, 3.8) is 0 Å². The van der Waals surface area contributed by atoms with Gasteiger partial charge in [0, 0.05) is 44.5 Å². The van der Waals surface area contributed by atoms with Crippen molar-refractivity contribution >= 4 is 11.7 Å². The Kier molecular flexibility index (Phi) is 5.57. The largest absolute Gasteiger partial charge is 0.368 e. The van der Waals surface area contributed by atoms with E-state index in [0.717, 1.165) is 60.8 Å². The second-order valence-electron chi connectivity index (χ2n) is 8.45. The number of carbonyl (C=O) groups excluding carboxylic acids is 1. The fraction of sp³-hybridized carbons (Fsp3) is 0.360. The molecule has 1 saturated heterocycles. The maximum absolute atomic E-state index is 11.1. The van der Waals surface area contributed by atoms with E-state index in [9.17, 15) is 4.79 Å². The molecule has 4 heterocycles. The summed E-state index contributed by atoms with van der Waals surface area (Å²) >= 11 is 0. The van der Waals surface area contributed by atoms with E-state index in [4.69, 9.17) is 9.72 Å². The van der Waals surface area contributed by atoms with Gasteiger partial charge in [-0.1, -0.05) is 36.4 Å². The van der Waals surface area contributed by atoms with Gasteiger partial charge in [-0.3, -0.25) is 4.79 Å². The second-order valence-corrected chi connectivity index (χ2v) is 8.45. The Balaban J connectivity index is 1.33. The first-order chi connectivity index (χ1) is 15.6. The molecule has 2 aliphatic heterocycles. The number of piperidine rings is 1. The van der Waals surface area contributed by atoms with Gasteiger partial charge in [-0.15, -0.1) is 0 Å². The number of nitrogens with one attached hydrogen (secondary N) is 1. The standard InChI is InChI=1S/C25H27N5O2/c1-18(31)26-15-19-7-8-22(27-16-19)30-12-10-25(11-13-30)23-21(9-14-32-25)17-28-24(29-23)20-5-3-2-4-6-20/h2-8,16-17H,9-15H2,1H3,(H,26,31). The van der Waals surface area contributed by atoms with E-state index < -0.39 is 0 Å². The molecular weight excluding hydrogens is 402 g/mol. The highest BCUT2D eigenvalue weighted by atomic mass is 16.5. The number of pyridine rings is 1. The molecule has 0 bridgehead atoms. The van der Waals surface area contributed by atoms with Gasteiger partial charge >= 0.3 is 0 Å². The number of amides is 1. The highest BCUT2D eigenvalue weighted by Crippen LogP contribution is 2.41. The Morgan fingerprint density at radius 1 is 1.09 bits per heavy atom. The maximum atomic E-state index is 11.1. The number of anilines is 1. The minimum absolute atomic E-state index is 0.0394. The molecule has 0 radical (unpaired) electrons. The van der Waals surface area contributed by atoms with Crippen LogP contribution in [0, 0.1) is 0 Å². The first-order valence-corrected chi connectivity index (χ1v) is 11.1. The number of nitrogens with zero attached hydrogens (tertiary/aromatic N) is 4. The summed E-state index contributed by atoms with van der Waals surface area (Å²) in [5.41, 5.74) is 3.91. The zero-order valence-electron chi connectivity index (χ0n) is 18.3. The van der Waals surface area contributed by atoms with E-state index in [1.807, 2.05) is 54.9 Å². The molecule has 32 heavy (non-hydrogen) atoms. The van der Waals surface area contributed by atoms with Gasteiger partial charge in [0.25, 0.3) is 0 Å². The van der Waals surface area contributed by atoms with Crippen LogP contribution in [0.5, 0.6) is 0 Å². The third kappa shape index (κ3) is 4.08. The van der Waals surface area contributed by atoms with Gasteiger partial charge in [0.15, 0.2) is 5.82 Å². The third-order valence-corrected chi connectivity index (χ3v) is 6.32. The molecule has 1 aromatic carbocycles. The lowest BCUT2D eigenvalue weighted by atomic mass is 9.83. The summed E-state index contributed by atoms with van der Waals surface area (Å²) in [4.78, 5) is 27.6. The molecule has 7 heteroatoms. The van der Waals surface area contributed by atoms with Crippen LogP contribution in [0.15, 0.2) is 54.9 Å². The Bertz CT molecular complexity index is 1090. The van der Waals surface area contributed by atoms with Gasteiger partial charge in [-0.05, 0) is 36.5 Å². The highest BCUT2D eigenvalue weighted by Gasteiger charge is 2.42. The first-order valence-electron chi connectivity index (χ1n) is 11.1. The summed E-state index contributed by atoms with van der Waals surface area (Å²) in [7, 11) is 0. The van der Waals surface area contributed by atoms with Crippen molar-refractivity contribution in [2.24, 2.45) is 0 Å². The summed E-state index contributed by atoms with van der Waals surface area (Å²) in [5.74, 6) is 1.67. The predicted molar refractivity (Wildman–Crippen MR) is 122 cm³/mol. The van der Waals surface area contributed by atoms with Crippen LogP contribution in [-0.2, 0) is 28.1 Å². The van der Waals surface area contributed by atoms with Crippen LogP contribution in [0.1, 0.15) is 36.6 Å². The lowest BCUT2D eigenvalue weighted by molar-refractivity contribution is -0.119. The topological polar surface area (TPSA) is 80.2 Å². The second kappa shape index (κ2) is 8.67. The van der Waals surface area contributed by atoms with E-state index in [2.05, 4.69) is 20.2 Å². The normalized spacial score (nSPS) is 17.1. The van der Waals surface area contributed by atoms with E-state index in [1.165, 1.54) is 12.5 Å². The molecular formula is C25H27N5O2. The monoisotopic (exact) mass is 429 g/mol. The SMILES string of the molecule is CC(=O)NCc1ccc(N2CCC3(CC2)OCCc2cnc(-c4ccccc4)nc23)nc1. The lowest BCUT2D eigenvalue weighted by Crippen LogP contribution is -2.47. The molecule has 0 atom stereocenters. The van der Waals surface area contributed by atoms with Gasteiger partial charge in [-0.2, -0.15) is 0 Å². The fourth-order valence-electron chi connectivity index (χ4n) is 4.55. The van der Waals surface area contributed by atoms with Crippen molar-refractivity contribution in [1.29, 1.82) is 0 Å². The summed E-state index contributed by atoms with van der Waals surface area (Å²) in [6, 6.07) is 14.2. The summed E-state index contributed by atoms with van der Waals surface area (Å²) in [6.07, 6.45) is 6.40. The minimum atomic E-state index is -0.359. The number of rotatable bonds is 4. The molecule has 5 rings (SSSR count). The predicted octanol–water partition coefficient (Wildman–Crippen LogP) is 3.24. The number of hydrogen-bond acceptors (Lipinski definition) is 6. The van der Waals surface area contributed by atoms with Crippen LogP contribution in [0.4, 0.5) is 5.82 Å². The van der Waals surface area contributed by atoms with Gasteiger partial charge in [0.2, 0.25) is 5.91 Å². The average molecular weight is 430 g/mol. The van der Waals surface area contributed by atoms with Crippen molar-refractivity contribution in [2.75, 3.05) is 24.6 Å². The molecule has 164 valence electrons. The van der Waals surface area contributed by atoms with Crippen molar-refractivity contribution in [2.45, 2.75) is 38.3 Å².